The van der Waals surface area contributed by atoms with Crippen molar-refractivity contribution in [2.75, 3.05) is 13.2 Å². The number of aliphatic hydroxyl groups is 1. The van der Waals surface area contributed by atoms with Gasteiger partial charge in [0.1, 0.15) is 5.82 Å². The summed E-state index contributed by atoms with van der Waals surface area (Å²) in [4.78, 5) is 13.2. The van der Waals surface area contributed by atoms with Gasteiger partial charge in [0.15, 0.2) is 5.69 Å². The molecule has 0 saturated carbocycles. The van der Waals surface area contributed by atoms with Crippen molar-refractivity contribution in [3.8, 4) is 5.69 Å². The van der Waals surface area contributed by atoms with E-state index < -0.39 is 0 Å². The molecule has 0 spiro atoms. The average Bonchev–Trinajstić information content (AvgIpc) is 2.96. The Morgan fingerprint density at radius 1 is 1.43 bits per heavy atom. The van der Waals surface area contributed by atoms with Gasteiger partial charge in [-0.15, -0.1) is 5.10 Å². The summed E-state index contributed by atoms with van der Waals surface area (Å²) >= 11 is 0. The van der Waals surface area contributed by atoms with Gasteiger partial charge in [0, 0.05) is 13.2 Å². The quantitative estimate of drug-likeness (QED) is 0.837. The van der Waals surface area contributed by atoms with E-state index in [9.17, 15) is 9.18 Å². The molecule has 7 heteroatoms. The lowest BCUT2D eigenvalue weighted by molar-refractivity contribution is 0.0940. The van der Waals surface area contributed by atoms with Gasteiger partial charge in [-0.2, -0.15) is 9.90 Å². The molecule has 0 aliphatic carbocycles. The zero-order chi connectivity index (χ0) is 15.2. The van der Waals surface area contributed by atoms with E-state index in [1.807, 2.05) is 6.92 Å². The Balaban J connectivity index is 1.99. The number of halogens is 1. The number of carbonyl (C=O) groups excluding carboxylic acids is 1. The first-order chi connectivity index (χ1) is 10.1. The predicted octanol–water partition coefficient (Wildman–Crippen LogP) is 1.15. The molecule has 1 amide bonds. The third kappa shape index (κ3) is 4.09. The number of hydrogen-bond acceptors (Lipinski definition) is 4. The van der Waals surface area contributed by atoms with Gasteiger partial charge in [-0.1, -0.05) is 6.92 Å². The molecule has 2 rings (SSSR count). The molecule has 2 aromatic rings. The van der Waals surface area contributed by atoms with E-state index in [-0.39, 0.29) is 29.9 Å². The second-order valence-electron chi connectivity index (χ2n) is 4.82. The van der Waals surface area contributed by atoms with Gasteiger partial charge in [-0.05, 0) is 36.6 Å². The lowest BCUT2D eigenvalue weighted by atomic mass is 10.1. The highest BCUT2D eigenvalue weighted by atomic mass is 19.1. The molecule has 0 saturated heterocycles. The molecule has 0 fully saturated rings. The summed E-state index contributed by atoms with van der Waals surface area (Å²) in [5.41, 5.74) is 0.764. The zero-order valence-corrected chi connectivity index (χ0v) is 11.7. The summed E-state index contributed by atoms with van der Waals surface area (Å²) in [6, 6.07) is 5.66. The molecular weight excluding hydrogens is 275 g/mol. The summed E-state index contributed by atoms with van der Waals surface area (Å²) in [5, 5.41) is 19.6. The molecule has 1 aromatic heterocycles. The fourth-order valence-electron chi connectivity index (χ4n) is 1.75. The third-order valence-electron chi connectivity index (χ3n) is 3.02. The first-order valence-electron chi connectivity index (χ1n) is 6.67. The van der Waals surface area contributed by atoms with Gasteiger partial charge < -0.3 is 10.4 Å². The first-order valence-corrected chi connectivity index (χ1v) is 6.67. The largest absolute Gasteiger partial charge is 0.396 e. The van der Waals surface area contributed by atoms with Crippen LogP contribution in [0.25, 0.3) is 5.69 Å². The van der Waals surface area contributed by atoms with Crippen LogP contribution in [0.5, 0.6) is 0 Å². The maximum atomic E-state index is 12.8. The number of nitrogens with zero attached hydrogens (tertiary/aromatic N) is 3. The van der Waals surface area contributed by atoms with Gasteiger partial charge in [-0.25, -0.2) is 4.39 Å². The molecule has 112 valence electrons. The van der Waals surface area contributed by atoms with Crippen molar-refractivity contribution < 1.29 is 14.3 Å². The number of nitrogens with one attached hydrogen (secondary N) is 1. The molecule has 0 bridgehead atoms. The lowest BCUT2D eigenvalue weighted by Crippen LogP contribution is -2.29. The van der Waals surface area contributed by atoms with E-state index in [4.69, 9.17) is 5.11 Å². The summed E-state index contributed by atoms with van der Waals surface area (Å²) in [6.45, 7) is 2.49. The molecule has 2 N–H and O–H groups in total. The second-order valence-corrected chi connectivity index (χ2v) is 4.82. The highest BCUT2D eigenvalue weighted by Gasteiger charge is 2.12. The van der Waals surface area contributed by atoms with Crippen molar-refractivity contribution in [1.82, 2.24) is 20.3 Å². The molecule has 0 aliphatic rings. The Kier molecular flexibility index (Phi) is 4.99. The van der Waals surface area contributed by atoms with Crippen LogP contribution in [0.15, 0.2) is 30.5 Å². The van der Waals surface area contributed by atoms with Gasteiger partial charge >= 0.3 is 0 Å². The van der Waals surface area contributed by atoms with Crippen molar-refractivity contribution in [2.45, 2.75) is 13.3 Å². The summed E-state index contributed by atoms with van der Waals surface area (Å²) in [7, 11) is 0. The van der Waals surface area contributed by atoms with Gasteiger partial charge in [0.05, 0.1) is 11.9 Å². The number of hydrogen-bond donors (Lipinski definition) is 2. The maximum Gasteiger partial charge on any atom is 0.273 e. The summed E-state index contributed by atoms with van der Waals surface area (Å²) < 4.78 is 12.8. The van der Waals surface area contributed by atoms with Crippen molar-refractivity contribution in [1.29, 1.82) is 0 Å². The monoisotopic (exact) mass is 292 g/mol. The number of amides is 1. The molecule has 0 radical (unpaired) electrons. The predicted molar refractivity (Wildman–Crippen MR) is 74.5 cm³/mol. The van der Waals surface area contributed by atoms with Crippen LogP contribution >= 0.6 is 0 Å². The minimum Gasteiger partial charge on any atom is -0.396 e. The lowest BCUT2D eigenvalue weighted by Gasteiger charge is -2.09. The van der Waals surface area contributed by atoms with E-state index in [1.54, 1.807) is 0 Å². The van der Waals surface area contributed by atoms with E-state index in [0.29, 0.717) is 18.7 Å². The number of carbonyl (C=O) groups is 1. The van der Waals surface area contributed by atoms with Crippen molar-refractivity contribution in [3.63, 3.8) is 0 Å². The molecular formula is C14H17FN4O2. The Hall–Kier alpha value is -2.28. The van der Waals surface area contributed by atoms with Crippen LogP contribution in [0, 0.1) is 11.7 Å². The SMILES string of the molecule is CC(CCO)CNC(=O)c1cnn(-c2ccc(F)cc2)n1. The van der Waals surface area contributed by atoms with Gasteiger partial charge in [-0.3, -0.25) is 4.79 Å². The molecule has 6 nitrogen and oxygen atoms in total. The van der Waals surface area contributed by atoms with E-state index >= 15 is 0 Å². The maximum absolute atomic E-state index is 12.8. The Morgan fingerprint density at radius 3 is 2.81 bits per heavy atom. The van der Waals surface area contributed by atoms with Crippen LogP contribution in [0.2, 0.25) is 0 Å². The standard InChI is InChI=1S/C14H17FN4O2/c1-10(6-7-20)8-16-14(21)13-9-17-19(18-13)12-4-2-11(15)3-5-12/h2-5,9-10,20H,6-8H2,1H3,(H,16,21). The van der Waals surface area contributed by atoms with Crippen molar-refractivity contribution >= 4 is 5.91 Å². The highest BCUT2D eigenvalue weighted by Crippen LogP contribution is 2.07. The highest BCUT2D eigenvalue weighted by molar-refractivity contribution is 5.91. The Bertz CT molecular complexity index is 597. The summed E-state index contributed by atoms with van der Waals surface area (Å²) in [6.07, 6.45) is 1.98. The number of aliphatic hydroxyl groups excluding tert-OH is 1. The van der Waals surface area contributed by atoms with Crippen LogP contribution in [-0.2, 0) is 0 Å². The minimum absolute atomic E-state index is 0.0950. The van der Waals surface area contributed by atoms with Crippen molar-refractivity contribution in [3.05, 3.63) is 42.0 Å². The first kappa shape index (κ1) is 15.1. The molecule has 0 aliphatic heterocycles. The Labute approximate surface area is 121 Å². The smallest absolute Gasteiger partial charge is 0.273 e. The minimum atomic E-state index is -0.346. The normalized spacial score (nSPS) is 12.1. The van der Waals surface area contributed by atoms with Gasteiger partial charge in [0.25, 0.3) is 5.91 Å². The van der Waals surface area contributed by atoms with Crippen molar-refractivity contribution in [2.24, 2.45) is 5.92 Å². The fraction of sp³-hybridized carbons (Fsp3) is 0.357. The molecule has 1 atom stereocenters. The van der Waals surface area contributed by atoms with Crippen LogP contribution in [-0.4, -0.2) is 39.2 Å². The molecule has 1 aromatic carbocycles. The number of aromatic nitrogens is 3. The van der Waals surface area contributed by atoms with Gasteiger partial charge in [0.2, 0.25) is 0 Å². The Morgan fingerprint density at radius 2 is 2.14 bits per heavy atom. The second kappa shape index (κ2) is 6.94. The topological polar surface area (TPSA) is 80.0 Å². The van der Waals surface area contributed by atoms with Crippen LogP contribution < -0.4 is 5.32 Å². The van der Waals surface area contributed by atoms with E-state index in [2.05, 4.69) is 15.5 Å². The fourth-order valence-corrected chi connectivity index (χ4v) is 1.75. The molecule has 1 heterocycles. The number of rotatable bonds is 6. The van der Waals surface area contributed by atoms with Crippen LogP contribution in [0.4, 0.5) is 4.39 Å². The average molecular weight is 292 g/mol. The van der Waals surface area contributed by atoms with Crippen LogP contribution in [0.1, 0.15) is 23.8 Å². The third-order valence-corrected chi connectivity index (χ3v) is 3.02. The van der Waals surface area contributed by atoms with E-state index in [0.717, 1.165) is 0 Å². The molecule has 1 unspecified atom stereocenters. The zero-order valence-electron chi connectivity index (χ0n) is 11.7. The van der Waals surface area contributed by atoms with E-state index in [1.165, 1.54) is 35.3 Å². The number of benzene rings is 1. The summed E-state index contributed by atoms with van der Waals surface area (Å²) in [5.74, 6) is -0.485. The molecule has 21 heavy (non-hydrogen) atoms. The van der Waals surface area contributed by atoms with Crippen LogP contribution in [0.3, 0.4) is 0 Å².